The third-order valence-electron chi connectivity index (χ3n) is 2.77. The normalized spacial score (nSPS) is 10.9. The number of benzene rings is 1. The Morgan fingerprint density at radius 3 is 2.86 bits per heavy atom. The van der Waals surface area contributed by atoms with Crippen LogP contribution in [0.1, 0.15) is 37.9 Å². The number of carbonyl (C=O) groups is 1. The second-order valence-corrected chi connectivity index (χ2v) is 5.28. The molecule has 2 rings (SSSR count). The Hall–Kier alpha value is -1.95. The summed E-state index contributed by atoms with van der Waals surface area (Å²) in [6.45, 7) is 3.91. The summed E-state index contributed by atoms with van der Waals surface area (Å²) in [7, 11) is 0. The number of amides is 1. The topological polar surface area (TPSA) is 68.0 Å². The summed E-state index contributed by atoms with van der Waals surface area (Å²) in [6.07, 6.45) is 0.512. The van der Waals surface area contributed by atoms with Crippen molar-refractivity contribution in [1.82, 2.24) is 10.1 Å². The van der Waals surface area contributed by atoms with Crippen LogP contribution >= 0.6 is 11.6 Å². The molecule has 0 aliphatic heterocycles. The average molecular weight is 312 g/mol. The second-order valence-electron chi connectivity index (χ2n) is 4.87. The summed E-state index contributed by atoms with van der Waals surface area (Å²) in [5.74, 6) is 0.498. The van der Waals surface area contributed by atoms with Gasteiger partial charge in [0.25, 0.3) is 0 Å². The van der Waals surface area contributed by atoms with Gasteiger partial charge in [-0.05, 0) is 18.2 Å². The molecule has 0 aliphatic carbocycles. The average Bonchev–Trinajstić information content (AvgIpc) is 2.89. The molecule has 0 saturated carbocycles. The number of nitrogens with zero attached hydrogens (tertiary/aromatic N) is 2. The highest BCUT2D eigenvalue weighted by atomic mass is 35.5. The van der Waals surface area contributed by atoms with E-state index in [1.807, 2.05) is 13.8 Å². The first kappa shape index (κ1) is 15.4. The predicted octanol–water partition coefficient (Wildman–Crippen LogP) is 3.56. The van der Waals surface area contributed by atoms with E-state index in [2.05, 4.69) is 15.5 Å². The Kier molecular flexibility index (Phi) is 4.90. The maximum atomic E-state index is 12.9. The number of carbonyl (C=O) groups excluding carboxylic acids is 1. The maximum Gasteiger partial charge on any atom is 0.227 e. The van der Waals surface area contributed by atoms with Gasteiger partial charge in [-0.15, -0.1) is 0 Å². The first-order chi connectivity index (χ1) is 9.95. The van der Waals surface area contributed by atoms with Crippen molar-refractivity contribution in [1.29, 1.82) is 0 Å². The van der Waals surface area contributed by atoms with E-state index in [0.717, 1.165) is 6.07 Å². The number of rotatable bonds is 5. The van der Waals surface area contributed by atoms with E-state index in [-0.39, 0.29) is 23.3 Å². The van der Waals surface area contributed by atoms with Crippen molar-refractivity contribution in [2.75, 3.05) is 5.32 Å². The van der Waals surface area contributed by atoms with Crippen LogP contribution in [-0.2, 0) is 11.2 Å². The van der Waals surface area contributed by atoms with Gasteiger partial charge in [-0.3, -0.25) is 4.79 Å². The lowest BCUT2D eigenvalue weighted by atomic mass is 10.2. The lowest BCUT2D eigenvalue weighted by molar-refractivity contribution is -0.116. The van der Waals surface area contributed by atoms with Gasteiger partial charge in [-0.25, -0.2) is 4.39 Å². The zero-order valence-corrected chi connectivity index (χ0v) is 12.4. The Labute approximate surface area is 126 Å². The molecular weight excluding hydrogens is 297 g/mol. The predicted molar refractivity (Wildman–Crippen MR) is 76.7 cm³/mol. The molecule has 0 spiro atoms. The molecule has 1 aromatic carbocycles. The number of hydrogen-bond donors (Lipinski definition) is 1. The van der Waals surface area contributed by atoms with Gasteiger partial charge in [0.15, 0.2) is 5.82 Å². The van der Waals surface area contributed by atoms with Gasteiger partial charge in [0, 0.05) is 18.8 Å². The number of halogens is 2. The van der Waals surface area contributed by atoms with Crippen LogP contribution in [0, 0.1) is 5.82 Å². The van der Waals surface area contributed by atoms with Crippen molar-refractivity contribution >= 4 is 23.2 Å². The van der Waals surface area contributed by atoms with Crippen LogP contribution in [0.25, 0.3) is 0 Å². The lowest BCUT2D eigenvalue weighted by Crippen LogP contribution is -2.12. The smallest absolute Gasteiger partial charge is 0.227 e. The van der Waals surface area contributed by atoms with Gasteiger partial charge in [0.1, 0.15) is 5.82 Å². The highest BCUT2D eigenvalue weighted by Gasteiger charge is 2.12. The van der Waals surface area contributed by atoms with Gasteiger partial charge < -0.3 is 9.84 Å². The maximum absolute atomic E-state index is 12.9. The minimum absolute atomic E-state index is 0.156. The van der Waals surface area contributed by atoms with Crippen molar-refractivity contribution in [2.24, 2.45) is 0 Å². The summed E-state index contributed by atoms with van der Waals surface area (Å²) in [5, 5.41) is 6.59. The molecule has 0 radical (unpaired) electrons. The molecule has 5 nitrogen and oxygen atoms in total. The monoisotopic (exact) mass is 311 g/mol. The summed E-state index contributed by atoms with van der Waals surface area (Å²) in [6, 6.07) is 3.79. The van der Waals surface area contributed by atoms with Crippen molar-refractivity contribution in [3.63, 3.8) is 0 Å². The third-order valence-corrected chi connectivity index (χ3v) is 3.08. The molecule has 0 atom stereocenters. The van der Waals surface area contributed by atoms with Crippen LogP contribution in [0.15, 0.2) is 22.7 Å². The fourth-order valence-corrected chi connectivity index (χ4v) is 1.84. The first-order valence-corrected chi connectivity index (χ1v) is 6.91. The van der Waals surface area contributed by atoms with Crippen LogP contribution in [0.5, 0.6) is 0 Å². The molecule has 1 amide bonds. The number of aromatic nitrogens is 2. The van der Waals surface area contributed by atoms with Crippen molar-refractivity contribution in [3.05, 3.63) is 40.8 Å². The SMILES string of the molecule is CC(C)c1noc(CCC(=O)Nc2ccc(F)cc2Cl)n1. The number of hydrogen-bond acceptors (Lipinski definition) is 4. The number of anilines is 1. The Bertz CT molecular complexity index is 643. The molecule has 1 N–H and O–H groups in total. The molecule has 112 valence electrons. The Morgan fingerprint density at radius 2 is 2.24 bits per heavy atom. The van der Waals surface area contributed by atoms with Crippen LogP contribution in [0.4, 0.5) is 10.1 Å². The van der Waals surface area contributed by atoms with Gasteiger partial charge >= 0.3 is 0 Å². The first-order valence-electron chi connectivity index (χ1n) is 6.53. The minimum Gasteiger partial charge on any atom is -0.339 e. The van der Waals surface area contributed by atoms with Crippen molar-refractivity contribution in [3.8, 4) is 0 Å². The van der Waals surface area contributed by atoms with E-state index in [9.17, 15) is 9.18 Å². The van der Waals surface area contributed by atoms with Gasteiger partial charge in [0.05, 0.1) is 10.7 Å². The van der Waals surface area contributed by atoms with E-state index < -0.39 is 5.82 Å². The molecule has 0 saturated heterocycles. The van der Waals surface area contributed by atoms with Crippen LogP contribution in [0.3, 0.4) is 0 Å². The van der Waals surface area contributed by atoms with Crippen LogP contribution in [0.2, 0.25) is 5.02 Å². The highest BCUT2D eigenvalue weighted by molar-refractivity contribution is 6.33. The molecule has 0 aliphatic rings. The molecule has 1 heterocycles. The molecule has 2 aromatic rings. The lowest BCUT2D eigenvalue weighted by Gasteiger charge is -2.06. The Morgan fingerprint density at radius 1 is 1.48 bits per heavy atom. The quantitative estimate of drug-likeness (QED) is 0.916. The molecule has 0 fully saturated rings. The third kappa shape index (κ3) is 4.26. The molecule has 7 heteroatoms. The summed E-state index contributed by atoms with van der Waals surface area (Å²) < 4.78 is 17.9. The highest BCUT2D eigenvalue weighted by Crippen LogP contribution is 2.22. The van der Waals surface area contributed by atoms with Gasteiger partial charge in [-0.1, -0.05) is 30.6 Å². The zero-order chi connectivity index (χ0) is 15.4. The van der Waals surface area contributed by atoms with E-state index in [4.69, 9.17) is 16.1 Å². The van der Waals surface area contributed by atoms with Crippen molar-refractivity contribution < 1.29 is 13.7 Å². The zero-order valence-electron chi connectivity index (χ0n) is 11.7. The summed E-state index contributed by atoms with van der Waals surface area (Å²) in [5.41, 5.74) is 0.372. The van der Waals surface area contributed by atoms with E-state index in [1.54, 1.807) is 0 Å². The van der Waals surface area contributed by atoms with E-state index >= 15 is 0 Å². The largest absolute Gasteiger partial charge is 0.339 e. The summed E-state index contributed by atoms with van der Waals surface area (Å²) in [4.78, 5) is 16.0. The summed E-state index contributed by atoms with van der Waals surface area (Å²) >= 11 is 5.83. The van der Waals surface area contributed by atoms with Crippen LogP contribution in [-0.4, -0.2) is 16.0 Å². The van der Waals surface area contributed by atoms with Crippen molar-refractivity contribution in [2.45, 2.75) is 32.6 Å². The van der Waals surface area contributed by atoms with E-state index in [0.29, 0.717) is 23.8 Å². The minimum atomic E-state index is -0.454. The fourth-order valence-electron chi connectivity index (χ4n) is 1.63. The second kappa shape index (κ2) is 6.67. The van der Waals surface area contributed by atoms with Gasteiger partial charge in [-0.2, -0.15) is 4.98 Å². The fraction of sp³-hybridized carbons (Fsp3) is 0.357. The number of aryl methyl sites for hydroxylation is 1. The van der Waals surface area contributed by atoms with Gasteiger partial charge in [0.2, 0.25) is 11.8 Å². The standard InChI is InChI=1S/C14H15ClFN3O2/c1-8(2)14-18-13(21-19-14)6-5-12(20)17-11-4-3-9(16)7-10(11)15/h3-4,7-8H,5-6H2,1-2H3,(H,17,20). The molecular formula is C14H15ClFN3O2. The van der Waals surface area contributed by atoms with E-state index in [1.165, 1.54) is 12.1 Å². The number of nitrogens with one attached hydrogen (secondary N) is 1. The van der Waals surface area contributed by atoms with Crippen LogP contribution < -0.4 is 5.32 Å². The molecule has 1 aromatic heterocycles. The molecule has 0 unspecified atom stereocenters. The molecule has 0 bridgehead atoms. The molecule has 21 heavy (non-hydrogen) atoms. The Balaban J connectivity index is 1.89.